The molecule has 5 rings (SSSR count). The molecule has 5 nitrogen and oxygen atoms in total. The molecule has 0 spiro atoms. The predicted molar refractivity (Wildman–Crippen MR) is 123 cm³/mol. The summed E-state index contributed by atoms with van der Waals surface area (Å²) in [4.78, 5) is 13.0. The van der Waals surface area contributed by atoms with Gasteiger partial charge in [0.25, 0.3) is 0 Å². The molecule has 0 unspecified atom stereocenters. The van der Waals surface area contributed by atoms with Gasteiger partial charge in [0.2, 0.25) is 12.7 Å². The van der Waals surface area contributed by atoms with E-state index in [9.17, 15) is 9.90 Å². The van der Waals surface area contributed by atoms with Gasteiger partial charge in [-0.15, -0.1) is 0 Å². The van der Waals surface area contributed by atoms with Gasteiger partial charge < -0.3 is 19.9 Å². The van der Waals surface area contributed by atoms with Crippen LogP contribution in [0, 0.1) is 0 Å². The van der Waals surface area contributed by atoms with Gasteiger partial charge in [-0.25, -0.2) is 0 Å². The molecule has 0 saturated heterocycles. The molecular formula is C27H23NO4. The molecule has 4 aromatic carbocycles. The summed E-state index contributed by atoms with van der Waals surface area (Å²) >= 11 is 0. The fraction of sp³-hybridized carbons (Fsp3) is 0.148. The lowest BCUT2D eigenvalue weighted by atomic mass is 9.92. The van der Waals surface area contributed by atoms with Crippen LogP contribution in [-0.4, -0.2) is 17.8 Å². The van der Waals surface area contributed by atoms with Gasteiger partial charge in [-0.3, -0.25) is 4.79 Å². The minimum atomic E-state index is -0.543. The molecular weight excluding hydrogens is 402 g/mol. The second-order valence-corrected chi connectivity index (χ2v) is 7.82. The molecule has 0 aliphatic carbocycles. The molecule has 1 amide bonds. The lowest BCUT2D eigenvalue weighted by Crippen LogP contribution is -2.29. The number of hydrogen-bond donors (Lipinski definition) is 2. The maximum absolute atomic E-state index is 13.0. The van der Waals surface area contributed by atoms with Crippen LogP contribution in [0.1, 0.15) is 29.2 Å². The van der Waals surface area contributed by atoms with E-state index >= 15 is 0 Å². The van der Waals surface area contributed by atoms with Gasteiger partial charge in [-0.05, 0) is 46.5 Å². The number of carbonyl (C=O) groups excluding carboxylic acids is 1. The lowest BCUT2D eigenvalue weighted by molar-refractivity contribution is -0.121. The van der Waals surface area contributed by atoms with Gasteiger partial charge in [-0.1, -0.05) is 66.7 Å². The summed E-state index contributed by atoms with van der Waals surface area (Å²) in [6.45, 7) is 0.173. The van der Waals surface area contributed by atoms with Crippen LogP contribution in [0.15, 0.2) is 84.9 Å². The maximum atomic E-state index is 13.0. The van der Waals surface area contributed by atoms with E-state index in [0.29, 0.717) is 29.9 Å². The molecule has 0 fully saturated rings. The average Bonchev–Trinajstić information content (AvgIpc) is 3.30. The molecule has 1 atom stereocenters. The summed E-state index contributed by atoms with van der Waals surface area (Å²) in [5.41, 5.74) is 2.58. The summed E-state index contributed by atoms with van der Waals surface area (Å²) in [5, 5.41) is 15.9. The van der Waals surface area contributed by atoms with E-state index in [0.717, 1.165) is 21.9 Å². The monoisotopic (exact) mass is 425 g/mol. The van der Waals surface area contributed by atoms with Gasteiger partial charge in [0.05, 0.1) is 6.04 Å². The Hall–Kier alpha value is -3.99. The highest BCUT2D eigenvalue weighted by atomic mass is 16.7. The Kier molecular flexibility index (Phi) is 5.38. The minimum absolute atomic E-state index is 0.0937. The van der Waals surface area contributed by atoms with Crippen molar-refractivity contribution in [3.05, 3.63) is 102 Å². The molecule has 5 heteroatoms. The number of phenols is 1. The first-order valence-corrected chi connectivity index (χ1v) is 10.6. The third-order valence-corrected chi connectivity index (χ3v) is 5.76. The Morgan fingerprint density at radius 2 is 1.69 bits per heavy atom. The van der Waals surface area contributed by atoms with Crippen LogP contribution < -0.4 is 14.8 Å². The zero-order valence-electron chi connectivity index (χ0n) is 17.5. The van der Waals surface area contributed by atoms with Gasteiger partial charge in [0, 0.05) is 12.0 Å². The molecule has 0 radical (unpaired) electrons. The number of fused-ring (bicyclic) bond motifs is 2. The highest BCUT2D eigenvalue weighted by Crippen LogP contribution is 2.40. The third-order valence-electron chi connectivity index (χ3n) is 5.76. The molecule has 0 saturated carbocycles. The van der Waals surface area contributed by atoms with Crippen molar-refractivity contribution in [3.63, 3.8) is 0 Å². The van der Waals surface area contributed by atoms with Crippen molar-refractivity contribution in [1.82, 2.24) is 5.32 Å². The fourth-order valence-corrected chi connectivity index (χ4v) is 4.14. The zero-order valence-corrected chi connectivity index (χ0v) is 17.5. The quantitative estimate of drug-likeness (QED) is 0.450. The van der Waals surface area contributed by atoms with Crippen LogP contribution in [0.5, 0.6) is 17.2 Å². The Morgan fingerprint density at radius 3 is 2.56 bits per heavy atom. The second kappa shape index (κ2) is 8.63. The van der Waals surface area contributed by atoms with Crippen LogP contribution in [-0.2, 0) is 11.2 Å². The van der Waals surface area contributed by atoms with Crippen LogP contribution in [0.3, 0.4) is 0 Å². The van der Waals surface area contributed by atoms with Crippen LogP contribution in [0.2, 0.25) is 0 Å². The first kappa shape index (κ1) is 19.9. The molecule has 32 heavy (non-hydrogen) atoms. The highest BCUT2D eigenvalue weighted by Gasteiger charge is 2.25. The van der Waals surface area contributed by atoms with Crippen molar-refractivity contribution in [1.29, 1.82) is 0 Å². The lowest BCUT2D eigenvalue weighted by Gasteiger charge is -2.23. The molecule has 1 heterocycles. The first-order chi connectivity index (χ1) is 15.7. The number of aromatic hydroxyl groups is 1. The largest absolute Gasteiger partial charge is 0.508 e. The summed E-state index contributed by atoms with van der Waals surface area (Å²) in [5.74, 6) is 1.34. The topological polar surface area (TPSA) is 67.8 Å². The van der Waals surface area contributed by atoms with E-state index < -0.39 is 6.04 Å². The Bertz CT molecular complexity index is 1270. The number of aryl methyl sites for hydroxylation is 1. The van der Waals surface area contributed by atoms with Gasteiger partial charge in [0.15, 0.2) is 11.5 Å². The molecule has 160 valence electrons. The molecule has 1 aliphatic rings. The highest BCUT2D eigenvalue weighted by molar-refractivity contribution is 5.89. The van der Waals surface area contributed by atoms with Crippen LogP contribution in [0.4, 0.5) is 0 Å². The number of hydrogen-bond acceptors (Lipinski definition) is 4. The number of carbonyl (C=O) groups is 1. The summed E-state index contributed by atoms with van der Waals surface area (Å²) in [6.07, 6.45) is 0.985. The molecule has 0 aromatic heterocycles. The molecule has 1 aliphatic heterocycles. The first-order valence-electron chi connectivity index (χ1n) is 10.6. The SMILES string of the molecule is O=C(CCc1ccccc1)N[C@@H](c1ccc2c(c1)OCO2)c1c(O)ccc2ccccc12. The Balaban J connectivity index is 1.51. The number of nitrogens with one attached hydrogen (secondary N) is 1. The Labute approximate surface area is 186 Å². The normalized spacial score (nSPS) is 13.1. The van der Waals surface area contributed by atoms with E-state index in [1.807, 2.05) is 78.9 Å². The molecule has 0 bridgehead atoms. The van der Waals surface area contributed by atoms with Crippen molar-refractivity contribution in [2.24, 2.45) is 0 Å². The third kappa shape index (κ3) is 3.97. The number of ether oxygens (including phenoxy) is 2. The van der Waals surface area contributed by atoms with Gasteiger partial charge >= 0.3 is 0 Å². The molecule has 2 N–H and O–H groups in total. The van der Waals surface area contributed by atoms with Crippen LogP contribution >= 0.6 is 0 Å². The summed E-state index contributed by atoms with van der Waals surface area (Å²) < 4.78 is 11.0. The van der Waals surface area contributed by atoms with Crippen LogP contribution in [0.25, 0.3) is 10.8 Å². The number of benzene rings is 4. The van der Waals surface area contributed by atoms with E-state index in [1.54, 1.807) is 6.07 Å². The van der Waals surface area contributed by atoms with Crippen molar-refractivity contribution in [3.8, 4) is 17.2 Å². The fourth-order valence-electron chi connectivity index (χ4n) is 4.14. The standard InChI is InChI=1S/C27H23NO4/c29-22-13-11-19-8-4-5-9-21(19)26(22)27(20-12-14-23-24(16-20)32-17-31-23)28-25(30)15-10-18-6-2-1-3-7-18/h1-9,11-14,16,27,29H,10,15,17H2,(H,28,30)/t27-/m0/s1. The minimum Gasteiger partial charge on any atom is -0.508 e. The van der Waals surface area contributed by atoms with Gasteiger partial charge in [-0.2, -0.15) is 0 Å². The smallest absolute Gasteiger partial charge is 0.231 e. The number of phenolic OH excluding ortho intramolecular Hbond substituents is 1. The second-order valence-electron chi connectivity index (χ2n) is 7.82. The zero-order chi connectivity index (χ0) is 21.9. The predicted octanol–water partition coefficient (Wildman–Crippen LogP) is 5.11. The van der Waals surface area contributed by atoms with Crippen molar-refractivity contribution in [2.75, 3.05) is 6.79 Å². The van der Waals surface area contributed by atoms with Crippen molar-refractivity contribution < 1.29 is 19.4 Å². The average molecular weight is 425 g/mol. The number of amides is 1. The Morgan fingerprint density at radius 1 is 0.906 bits per heavy atom. The number of rotatable bonds is 6. The van der Waals surface area contributed by atoms with E-state index in [2.05, 4.69) is 5.32 Å². The summed E-state index contributed by atoms with van der Waals surface area (Å²) in [7, 11) is 0. The van der Waals surface area contributed by atoms with E-state index in [4.69, 9.17) is 9.47 Å². The van der Waals surface area contributed by atoms with Gasteiger partial charge in [0.1, 0.15) is 5.75 Å². The van der Waals surface area contributed by atoms with E-state index in [1.165, 1.54) is 0 Å². The van der Waals surface area contributed by atoms with E-state index in [-0.39, 0.29) is 18.4 Å². The molecule has 4 aromatic rings. The summed E-state index contributed by atoms with van der Waals surface area (Å²) in [6, 6.07) is 26.4. The van der Waals surface area contributed by atoms with Crippen molar-refractivity contribution >= 4 is 16.7 Å². The van der Waals surface area contributed by atoms with Crippen molar-refractivity contribution in [2.45, 2.75) is 18.9 Å². The maximum Gasteiger partial charge on any atom is 0.231 e.